The molecule has 0 fully saturated rings. The minimum atomic E-state index is -1.15. The zero-order chi connectivity index (χ0) is 26.9. The zero-order valence-electron chi connectivity index (χ0n) is 21.1. The van der Waals surface area contributed by atoms with Gasteiger partial charge in [0.1, 0.15) is 12.1 Å². The highest BCUT2D eigenvalue weighted by atomic mass is 16.7. The number of nitrogens with one attached hydrogen (secondary N) is 1. The van der Waals surface area contributed by atoms with Gasteiger partial charge in [0.15, 0.2) is 11.5 Å². The molecule has 12 nitrogen and oxygen atoms in total. The summed E-state index contributed by atoms with van der Waals surface area (Å²) >= 11 is 0. The van der Waals surface area contributed by atoms with Crippen LogP contribution >= 0.6 is 0 Å². The quantitative estimate of drug-likeness (QED) is 0.197. The second-order valence-corrected chi connectivity index (χ2v) is 7.71. The molecule has 202 valence electrons. The third-order valence-corrected chi connectivity index (χ3v) is 4.35. The predicted molar refractivity (Wildman–Crippen MR) is 126 cm³/mol. The Labute approximate surface area is 210 Å². The second-order valence-electron chi connectivity index (χ2n) is 7.71. The van der Waals surface area contributed by atoms with E-state index in [9.17, 15) is 24.3 Å². The van der Waals surface area contributed by atoms with Crippen molar-refractivity contribution in [2.75, 3.05) is 26.4 Å². The molecule has 2 atom stereocenters. The number of hydrogen-bond donors (Lipinski definition) is 2. The van der Waals surface area contributed by atoms with E-state index in [1.807, 2.05) is 20.8 Å². The van der Waals surface area contributed by atoms with Gasteiger partial charge in [-0.15, -0.1) is 0 Å². The third kappa shape index (κ3) is 12.2. The third-order valence-electron chi connectivity index (χ3n) is 4.35. The lowest BCUT2D eigenvalue weighted by molar-refractivity contribution is -0.139. The molecule has 0 spiro atoms. The minimum Gasteiger partial charge on any atom is -0.480 e. The molecule has 0 aliphatic heterocycles. The molecule has 36 heavy (non-hydrogen) atoms. The summed E-state index contributed by atoms with van der Waals surface area (Å²) in [5.74, 6) is -1.38. The van der Waals surface area contributed by atoms with E-state index in [2.05, 4.69) is 5.32 Å². The van der Waals surface area contributed by atoms with Crippen molar-refractivity contribution in [2.45, 2.75) is 65.5 Å². The second kappa shape index (κ2) is 17.0. The van der Waals surface area contributed by atoms with E-state index >= 15 is 0 Å². The van der Waals surface area contributed by atoms with Crippen molar-refractivity contribution in [3.63, 3.8) is 0 Å². The Balaban J connectivity index is 2.92. The normalized spacial score (nSPS) is 12.1. The molecule has 1 aromatic rings. The van der Waals surface area contributed by atoms with Gasteiger partial charge >= 0.3 is 24.4 Å². The van der Waals surface area contributed by atoms with Gasteiger partial charge in [0.2, 0.25) is 0 Å². The number of carbonyl (C=O) groups is 4. The van der Waals surface area contributed by atoms with Crippen molar-refractivity contribution in [1.29, 1.82) is 0 Å². The number of hydrogen-bond acceptors (Lipinski definition) is 11. The summed E-state index contributed by atoms with van der Waals surface area (Å²) in [6, 6.07) is 3.19. The highest BCUT2D eigenvalue weighted by molar-refractivity contribution is 5.74. The molecule has 0 amide bonds. The summed E-state index contributed by atoms with van der Waals surface area (Å²) in [5, 5.41) is 12.4. The van der Waals surface area contributed by atoms with Crippen LogP contribution in [0.25, 0.3) is 0 Å². The fourth-order valence-electron chi connectivity index (χ4n) is 2.67. The van der Waals surface area contributed by atoms with E-state index in [0.717, 1.165) is 0 Å². The van der Waals surface area contributed by atoms with Crippen molar-refractivity contribution in [2.24, 2.45) is 0 Å². The first-order valence-electron chi connectivity index (χ1n) is 11.8. The number of rotatable bonds is 15. The smallest absolute Gasteiger partial charge is 0.480 e. The average molecular weight is 514 g/mol. The van der Waals surface area contributed by atoms with Gasteiger partial charge in [-0.25, -0.2) is 14.4 Å². The first kappa shape index (κ1) is 30.5. The fraction of sp³-hybridized carbons (Fsp3) is 0.583. The topological polar surface area (TPSA) is 156 Å². The first-order valence-corrected chi connectivity index (χ1v) is 11.8. The number of ether oxygens (including phenoxy) is 6. The molecule has 0 aromatic heterocycles. The average Bonchev–Trinajstić information content (AvgIpc) is 2.83. The lowest BCUT2D eigenvalue weighted by Crippen LogP contribution is -2.42. The van der Waals surface area contributed by atoms with Crippen LogP contribution in [-0.4, -0.2) is 68.1 Å². The molecule has 0 saturated heterocycles. The highest BCUT2D eigenvalue weighted by Crippen LogP contribution is 2.30. The summed E-state index contributed by atoms with van der Waals surface area (Å²) in [6.07, 6.45) is -1.67. The lowest BCUT2D eigenvalue weighted by Gasteiger charge is -2.19. The molecule has 0 radical (unpaired) electrons. The number of benzene rings is 1. The summed E-state index contributed by atoms with van der Waals surface area (Å²) in [6.45, 7) is 7.62. The molecule has 0 aliphatic rings. The number of carboxylic acid groups (broad SMARTS) is 1. The predicted octanol–water partition coefficient (Wildman–Crippen LogP) is 4.07. The summed E-state index contributed by atoms with van der Waals surface area (Å²) in [4.78, 5) is 47.2. The van der Waals surface area contributed by atoms with Gasteiger partial charge in [-0.2, -0.15) is 0 Å². The molecule has 1 rings (SSSR count). The van der Waals surface area contributed by atoms with Crippen LogP contribution in [0.1, 0.15) is 52.5 Å². The van der Waals surface area contributed by atoms with Crippen LogP contribution in [0.15, 0.2) is 18.2 Å². The Hall–Kier alpha value is -3.54. The van der Waals surface area contributed by atoms with Gasteiger partial charge in [0.25, 0.3) is 0 Å². The molecule has 1 aromatic carbocycles. The standard InChI is InChI=1S/C24H35NO11/c1-5-10-31-22(28)34-16(4)15-25-18(21(26)27)13-17-8-9-19(35-23(29)32-11-6-2)20(14-17)36-24(30)33-12-7-3/h8-9,14,16,18,25H,5-7,10-13,15H2,1-4H3,(H,26,27)/t16?,18-/m0/s1. The van der Waals surface area contributed by atoms with Crippen LogP contribution in [0.3, 0.4) is 0 Å². The van der Waals surface area contributed by atoms with Gasteiger partial charge in [-0.3, -0.25) is 4.79 Å². The van der Waals surface area contributed by atoms with Crippen molar-refractivity contribution >= 4 is 24.4 Å². The maximum atomic E-state index is 12.0. The van der Waals surface area contributed by atoms with Crippen molar-refractivity contribution < 1.29 is 52.7 Å². The van der Waals surface area contributed by atoms with E-state index in [1.165, 1.54) is 18.2 Å². The molecular formula is C24H35NO11. The van der Waals surface area contributed by atoms with Gasteiger partial charge in [-0.05, 0) is 50.3 Å². The van der Waals surface area contributed by atoms with Crippen LogP contribution in [0.4, 0.5) is 14.4 Å². The minimum absolute atomic E-state index is 0.0245. The largest absolute Gasteiger partial charge is 0.513 e. The number of carboxylic acids is 1. The summed E-state index contributed by atoms with van der Waals surface area (Å²) in [5.41, 5.74) is 0.457. The van der Waals surface area contributed by atoms with E-state index in [4.69, 9.17) is 28.4 Å². The number of aliphatic carboxylic acids is 1. The van der Waals surface area contributed by atoms with Crippen LogP contribution in [0.2, 0.25) is 0 Å². The zero-order valence-corrected chi connectivity index (χ0v) is 21.1. The van der Waals surface area contributed by atoms with Gasteiger partial charge in [0.05, 0.1) is 19.8 Å². The van der Waals surface area contributed by atoms with E-state index < -0.39 is 36.6 Å². The Morgan fingerprint density at radius 3 is 1.89 bits per heavy atom. The van der Waals surface area contributed by atoms with Crippen LogP contribution < -0.4 is 14.8 Å². The fourth-order valence-corrected chi connectivity index (χ4v) is 2.67. The van der Waals surface area contributed by atoms with Gasteiger partial charge in [0, 0.05) is 6.54 Å². The molecule has 0 saturated carbocycles. The molecule has 2 N–H and O–H groups in total. The molecule has 0 heterocycles. The Kier molecular flexibility index (Phi) is 14.4. The molecule has 0 aliphatic carbocycles. The Bertz CT molecular complexity index is 858. The molecule has 1 unspecified atom stereocenters. The highest BCUT2D eigenvalue weighted by Gasteiger charge is 2.22. The summed E-state index contributed by atoms with van der Waals surface area (Å²) in [7, 11) is 0. The van der Waals surface area contributed by atoms with Crippen molar-refractivity contribution in [3.8, 4) is 11.5 Å². The monoisotopic (exact) mass is 513 g/mol. The Morgan fingerprint density at radius 2 is 1.36 bits per heavy atom. The van der Waals surface area contributed by atoms with Crippen LogP contribution in [-0.2, 0) is 30.2 Å². The van der Waals surface area contributed by atoms with E-state index in [1.54, 1.807) is 6.92 Å². The van der Waals surface area contributed by atoms with Gasteiger partial charge in [-0.1, -0.05) is 26.8 Å². The Morgan fingerprint density at radius 1 is 0.833 bits per heavy atom. The molecule has 12 heteroatoms. The van der Waals surface area contributed by atoms with E-state index in [0.29, 0.717) is 24.8 Å². The summed E-state index contributed by atoms with van der Waals surface area (Å²) < 4.78 is 30.0. The van der Waals surface area contributed by atoms with Crippen molar-refractivity contribution in [1.82, 2.24) is 5.32 Å². The van der Waals surface area contributed by atoms with Crippen LogP contribution in [0.5, 0.6) is 11.5 Å². The van der Waals surface area contributed by atoms with E-state index in [-0.39, 0.29) is 44.3 Å². The first-order chi connectivity index (χ1) is 17.2. The molecule has 0 bridgehead atoms. The molecular weight excluding hydrogens is 478 g/mol. The lowest BCUT2D eigenvalue weighted by atomic mass is 10.0. The number of carbonyl (C=O) groups excluding carboxylic acids is 3. The van der Waals surface area contributed by atoms with Crippen LogP contribution in [0, 0.1) is 0 Å². The van der Waals surface area contributed by atoms with Crippen molar-refractivity contribution in [3.05, 3.63) is 23.8 Å². The van der Waals surface area contributed by atoms with Gasteiger partial charge < -0.3 is 38.8 Å². The maximum absolute atomic E-state index is 12.0. The maximum Gasteiger partial charge on any atom is 0.513 e. The SMILES string of the molecule is CCCOC(=O)Oc1ccc(C[C@H](NCC(C)OC(=O)OCCC)C(=O)O)cc1OC(=O)OCCC.